The molecule has 5 nitrogen and oxygen atoms in total. The molecule has 1 aliphatic heterocycles. The Hall–Kier alpha value is -0.620. The van der Waals surface area contributed by atoms with Gasteiger partial charge in [-0.05, 0) is 26.1 Å². The van der Waals surface area contributed by atoms with Gasteiger partial charge in [-0.2, -0.15) is 0 Å². The molecule has 0 saturated carbocycles. The lowest BCUT2D eigenvalue weighted by atomic mass is 10.2. The number of hydrogen-bond donors (Lipinski definition) is 3. The maximum atomic E-state index is 5.99. The van der Waals surface area contributed by atoms with Crippen LogP contribution in [0.4, 0.5) is 0 Å². The Bertz CT molecular complexity index is 219. The van der Waals surface area contributed by atoms with E-state index in [1.165, 1.54) is 0 Å². The molecule has 0 saturated heterocycles. The number of likely N-dealkylation sites (N-methyl/N-ethyl adjacent to an activating group) is 1. The van der Waals surface area contributed by atoms with E-state index in [1.807, 2.05) is 5.01 Å². The van der Waals surface area contributed by atoms with Crippen molar-refractivity contribution in [3.63, 3.8) is 0 Å². The van der Waals surface area contributed by atoms with E-state index >= 15 is 0 Å². The molecule has 0 aromatic rings. The van der Waals surface area contributed by atoms with Crippen LogP contribution >= 0.6 is 0 Å². The number of rotatable bonds is 0. The minimum atomic E-state index is 0.431. The van der Waals surface area contributed by atoms with Gasteiger partial charge in [0.05, 0.1) is 0 Å². The van der Waals surface area contributed by atoms with Crippen LogP contribution in [0.5, 0.6) is 0 Å². The lowest BCUT2D eigenvalue weighted by Gasteiger charge is -2.25. The standard InChI is InChI=1S/C12H27N5/c1-12-4-6-15-7-10-16(2)9-3-5-14-8-11-17(12)13/h3,9,12,14-15H,4-8,10-11,13H2,1-2H3/b9-3-. The molecular weight excluding hydrogens is 214 g/mol. The molecule has 1 unspecified atom stereocenters. The van der Waals surface area contributed by atoms with Crippen molar-refractivity contribution >= 4 is 0 Å². The predicted molar refractivity (Wildman–Crippen MR) is 72.5 cm³/mol. The molecule has 0 bridgehead atoms. The smallest absolute Gasteiger partial charge is 0.0294 e. The lowest BCUT2D eigenvalue weighted by molar-refractivity contribution is 0.204. The fourth-order valence-corrected chi connectivity index (χ4v) is 1.78. The van der Waals surface area contributed by atoms with Gasteiger partial charge in [-0.15, -0.1) is 0 Å². The molecule has 0 fully saturated rings. The maximum absolute atomic E-state index is 5.99. The quantitative estimate of drug-likeness (QED) is 0.503. The van der Waals surface area contributed by atoms with Crippen LogP contribution in [0.3, 0.4) is 0 Å². The Morgan fingerprint density at radius 1 is 1.18 bits per heavy atom. The van der Waals surface area contributed by atoms with Gasteiger partial charge in [0.25, 0.3) is 0 Å². The zero-order valence-electron chi connectivity index (χ0n) is 11.2. The highest BCUT2D eigenvalue weighted by atomic mass is 15.4. The Kier molecular flexibility index (Phi) is 7.19. The van der Waals surface area contributed by atoms with Crippen molar-refractivity contribution in [2.24, 2.45) is 5.84 Å². The van der Waals surface area contributed by atoms with E-state index in [9.17, 15) is 0 Å². The fourth-order valence-electron chi connectivity index (χ4n) is 1.78. The molecule has 5 heteroatoms. The summed E-state index contributed by atoms with van der Waals surface area (Å²) in [5.41, 5.74) is 0. The minimum Gasteiger partial charge on any atom is -0.379 e. The van der Waals surface area contributed by atoms with Crippen molar-refractivity contribution in [2.75, 3.05) is 46.3 Å². The number of hydrogen-bond acceptors (Lipinski definition) is 5. The average molecular weight is 241 g/mol. The lowest BCUT2D eigenvalue weighted by Crippen LogP contribution is -2.44. The fraction of sp³-hybridized carbons (Fsp3) is 0.833. The summed E-state index contributed by atoms with van der Waals surface area (Å²) in [6.45, 7) is 8.00. The van der Waals surface area contributed by atoms with E-state index in [0.29, 0.717) is 6.04 Å². The van der Waals surface area contributed by atoms with Crippen LogP contribution in [0.25, 0.3) is 0 Å². The second kappa shape index (κ2) is 8.47. The molecule has 0 aromatic carbocycles. The molecule has 0 spiro atoms. The van der Waals surface area contributed by atoms with Crippen molar-refractivity contribution < 1.29 is 0 Å². The summed E-state index contributed by atoms with van der Waals surface area (Å²) >= 11 is 0. The van der Waals surface area contributed by atoms with E-state index in [1.54, 1.807) is 0 Å². The number of nitrogens with two attached hydrogens (primary N) is 1. The monoisotopic (exact) mass is 241 g/mol. The van der Waals surface area contributed by atoms with E-state index < -0.39 is 0 Å². The van der Waals surface area contributed by atoms with Gasteiger partial charge in [-0.3, -0.25) is 5.84 Å². The molecule has 0 aromatic heterocycles. The highest BCUT2D eigenvalue weighted by Gasteiger charge is 2.08. The first-order valence-electron chi connectivity index (χ1n) is 6.50. The van der Waals surface area contributed by atoms with Gasteiger partial charge in [0, 0.05) is 45.8 Å². The molecule has 1 aliphatic rings. The van der Waals surface area contributed by atoms with Crippen LogP contribution in [0.15, 0.2) is 12.3 Å². The Morgan fingerprint density at radius 3 is 2.76 bits per heavy atom. The third-order valence-electron chi connectivity index (χ3n) is 3.12. The van der Waals surface area contributed by atoms with E-state index in [4.69, 9.17) is 5.84 Å². The molecule has 0 aliphatic carbocycles. The third-order valence-corrected chi connectivity index (χ3v) is 3.12. The summed E-state index contributed by atoms with van der Waals surface area (Å²) in [6, 6.07) is 0.431. The van der Waals surface area contributed by atoms with E-state index in [2.05, 4.69) is 41.8 Å². The molecular formula is C12H27N5. The second-order valence-electron chi connectivity index (χ2n) is 4.70. The summed E-state index contributed by atoms with van der Waals surface area (Å²) in [7, 11) is 2.11. The summed E-state index contributed by atoms with van der Waals surface area (Å²) < 4.78 is 0. The molecule has 100 valence electrons. The molecule has 0 amide bonds. The molecule has 4 N–H and O–H groups in total. The normalized spacial score (nSPS) is 28.6. The van der Waals surface area contributed by atoms with Crippen molar-refractivity contribution in [3.8, 4) is 0 Å². The third kappa shape index (κ3) is 6.63. The zero-order chi connectivity index (χ0) is 12.5. The van der Waals surface area contributed by atoms with Gasteiger partial charge < -0.3 is 15.5 Å². The maximum Gasteiger partial charge on any atom is 0.0294 e. The summed E-state index contributed by atoms with van der Waals surface area (Å²) in [5, 5.41) is 8.73. The SMILES string of the molecule is CC1CCNCCN(C)/C=C\CNCCN1N. The second-order valence-corrected chi connectivity index (χ2v) is 4.70. The van der Waals surface area contributed by atoms with Crippen molar-refractivity contribution in [1.29, 1.82) is 0 Å². The van der Waals surface area contributed by atoms with Gasteiger partial charge in [0.15, 0.2) is 0 Å². The molecule has 17 heavy (non-hydrogen) atoms. The van der Waals surface area contributed by atoms with Crippen molar-refractivity contribution in [1.82, 2.24) is 20.5 Å². The summed E-state index contributed by atoms with van der Waals surface area (Å²) in [5.74, 6) is 5.99. The van der Waals surface area contributed by atoms with Gasteiger partial charge in [-0.25, -0.2) is 5.01 Å². The molecule has 1 heterocycles. The Balaban J connectivity index is 2.36. The van der Waals surface area contributed by atoms with E-state index in [-0.39, 0.29) is 0 Å². The number of nitrogens with one attached hydrogen (secondary N) is 2. The largest absolute Gasteiger partial charge is 0.379 e. The first-order valence-corrected chi connectivity index (χ1v) is 6.50. The summed E-state index contributed by atoms with van der Waals surface area (Å²) in [6.07, 6.45) is 5.37. The van der Waals surface area contributed by atoms with E-state index in [0.717, 1.165) is 45.7 Å². The van der Waals surface area contributed by atoms with Gasteiger partial charge >= 0.3 is 0 Å². The highest BCUT2D eigenvalue weighted by molar-refractivity contribution is 4.83. The molecule has 0 radical (unpaired) electrons. The Morgan fingerprint density at radius 2 is 1.94 bits per heavy atom. The van der Waals surface area contributed by atoms with Crippen molar-refractivity contribution in [3.05, 3.63) is 12.3 Å². The molecule has 1 atom stereocenters. The van der Waals surface area contributed by atoms with Crippen LogP contribution < -0.4 is 16.5 Å². The summed E-state index contributed by atoms with van der Waals surface area (Å²) in [4.78, 5) is 2.21. The first kappa shape index (κ1) is 14.4. The Labute approximate surface area is 105 Å². The van der Waals surface area contributed by atoms with Crippen LogP contribution in [-0.4, -0.2) is 62.3 Å². The van der Waals surface area contributed by atoms with Crippen molar-refractivity contribution in [2.45, 2.75) is 19.4 Å². The van der Waals surface area contributed by atoms with Gasteiger partial charge in [-0.1, -0.05) is 6.08 Å². The van der Waals surface area contributed by atoms with Crippen LogP contribution in [-0.2, 0) is 0 Å². The van der Waals surface area contributed by atoms with Crippen LogP contribution in [0.1, 0.15) is 13.3 Å². The minimum absolute atomic E-state index is 0.431. The zero-order valence-corrected chi connectivity index (χ0v) is 11.2. The number of nitrogens with zero attached hydrogens (tertiary/aromatic N) is 2. The number of hydrazine groups is 1. The van der Waals surface area contributed by atoms with Gasteiger partial charge in [0.2, 0.25) is 0 Å². The first-order chi connectivity index (χ1) is 8.20. The molecule has 1 rings (SSSR count). The van der Waals surface area contributed by atoms with Crippen LogP contribution in [0.2, 0.25) is 0 Å². The average Bonchev–Trinajstić information content (AvgIpc) is 2.31. The predicted octanol–water partition coefficient (Wildman–Crippen LogP) is -0.421. The van der Waals surface area contributed by atoms with Crippen LogP contribution in [0, 0.1) is 0 Å². The topological polar surface area (TPSA) is 56.6 Å². The highest BCUT2D eigenvalue weighted by Crippen LogP contribution is 1.97. The van der Waals surface area contributed by atoms with Gasteiger partial charge in [0.1, 0.15) is 0 Å².